The molecule has 0 aromatic heterocycles. The number of anilines is 2. The molecule has 5 rings (SSSR count). The number of halogens is 1. The third-order valence-electron chi connectivity index (χ3n) is 5.95. The number of amides is 2. The molecule has 0 bridgehead atoms. The Labute approximate surface area is 168 Å². The van der Waals surface area contributed by atoms with Crippen LogP contribution in [0.2, 0.25) is 0 Å². The lowest BCUT2D eigenvalue weighted by Gasteiger charge is -2.24. The van der Waals surface area contributed by atoms with Gasteiger partial charge >= 0.3 is 0 Å². The maximum Gasteiger partial charge on any atom is 0.256 e. The van der Waals surface area contributed by atoms with Crippen molar-refractivity contribution in [3.05, 3.63) is 95.8 Å². The zero-order valence-electron chi connectivity index (χ0n) is 15.7. The molecule has 2 amide bonds. The van der Waals surface area contributed by atoms with Crippen LogP contribution in [-0.4, -0.2) is 29.8 Å². The molecule has 29 heavy (non-hydrogen) atoms. The highest BCUT2D eigenvalue weighted by molar-refractivity contribution is 6.13. The molecule has 1 unspecified atom stereocenters. The Balaban J connectivity index is 1.54. The van der Waals surface area contributed by atoms with Crippen LogP contribution < -0.4 is 4.90 Å². The fourth-order valence-corrected chi connectivity index (χ4v) is 4.53. The van der Waals surface area contributed by atoms with E-state index < -0.39 is 11.2 Å². The third-order valence-corrected chi connectivity index (χ3v) is 5.95. The minimum Gasteiger partial charge on any atom is -0.337 e. The van der Waals surface area contributed by atoms with Crippen LogP contribution in [0.25, 0.3) is 0 Å². The third kappa shape index (κ3) is 2.58. The smallest absolute Gasteiger partial charge is 0.256 e. The number of para-hydroxylation sites is 2. The van der Waals surface area contributed by atoms with Gasteiger partial charge in [0, 0.05) is 18.8 Å². The Kier molecular flexibility index (Phi) is 3.98. The van der Waals surface area contributed by atoms with Gasteiger partial charge in [-0.25, -0.2) is 4.39 Å². The van der Waals surface area contributed by atoms with Crippen molar-refractivity contribution in [2.45, 2.75) is 11.8 Å². The van der Waals surface area contributed by atoms with Gasteiger partial charge in [-0.15, -0.1) is 0 Å². The maximum atomic E-state index is 14.1. The number of carbonyl (C=O) groups excluding carboxylic acids is 2. The summed E-state index contributed by atoms with van der Waals surface area (Å²) in [5, 5.41) is 0. The van der Waals surface area contributed by atoms with Crippen molar-refractivity contribution in [2.75, 3.05) is 18.0 Å². The van der Waals surface area contributed by atoms with Gasteiger partial charge in [-0.05, 0) is 42.3 Å². The summed E-state index contributed by atoms with van der Waals surface area (Å²) < 4.78 is 14.1. The SMILES string of the molecule is O=C(c1ccccc1F)N1CCC2(C1)C(=O)N(c1ccccc1)c1ccccc12. The standard InChI is InChI=1S/C24H19FN2O2/c25-20-12-6-4-10-18(20)22(28)26-15-14-24(16-26)19-11-5-7-13-21(19)27(23(24)29)17-8-2-1-3-9-17/h1-13H,14-16H2. The number of fused-ring (bicyclic) bond motifs is 2. The van der Waals surface area contributed by atoms with Crippen molar-refractivity contribution in [2.24, 2.45) is 0 Å². The summed E-state index contributed by atoms with van der Waals surface area (Å²) in [4.78, 5) is 30.0. The van der Waals surface area contributed by atoms with Gasteiger partial charge in [0.15, 0.2) is 0 Å². The number of hydrogen-bond donors (Lipinski definition) is 0. The van der Waals surface area contributed by atoms with Gasteiger partial charge in [-0.1, -0.05) is 48.5 Å². The maximum absolute atomic E-state index is 14.1. The number of hydrogen-bond acceptors (Lipinski definition) is 2. The minimum absolute atomic E-state index is 0.0336. The summed E-state index contributed by atoms with van der Waals surface area (Å²) in [6, 6.07) is 23.3. The van der Waals surface area contributed by atoms with Crippen molar-refractivity contribution in [3.63, 3.8) is 0 Å². The number of carbonyl (C=O) groups is 2. The fourth-order valence-electron chi connectivity index (χ4n) is 4.53. The minimum atomic E-state index is -0.798. The van der Waals surface area contributed by atoms with Crippen LogP contribution in [0.3, 0.4) is 0 Å². The van der Waals surface area contributed by atoms with Gasteiger partial charge in [0.2, 0.25) is 5.91 Å². The summed E-state index contributed by atoms with van der Waals surface area (Å²) in [7, 11) is 0. The van der Waals surface area contributed by atoms with E-state index in [0.29, 0.717) is 13.0 Å². The molecule has 4 nitrogen and oxygen atoms in total. The van der Waals surface area contributed by atoms with Gasteiger partial charge in [-0.2, -0.15) is 0 Å². The number of benzene rings is 3. The molecule has 1 saturated heterocycles. The van der Waals surface area contributed by atoms with Gasteiger partial charge in [0.05, 0.1) is 16.7 Å². The first-order chi connectivity index (χ1) is 14.1. The van der Waals surface area contributed by atoms with E-state index in [9.17, 15) is 14.0 Å². The molecule has 3 aromatic carbocycles. The Morgan fingerprint density at radius 2 is 1.59 bits per heavy atom. The Hall–Kier alpha value is -3.47. The van der Waals surface area contributed by atoms with Crippen molar-refractivity contribution in [3.8, 4) is 0 Å². The van der Waals surface area contributed by atoms with Crippen LogP contribution in [0.5, 0.6) is 0 Å². The van der Waals surface area contributed by atoms with E-state index >= 15 is 0 Å². The highest BCUT2D eigenvalue weighted by atomic mass is 19.1. The van der Waals surface area contributed by atoms with Crippen LogP contribution in [0.1, 0.15) is 22.3 Å². The molecule has 1 atom stereocenters. The summed E-state index contributed by atoms with van der Waals surface area (Å²) >= 11 is 0. The zero-order valence-corrected chi connectivity index (χ0v) is 15.7. The highest BCUT2D eigenvalue weighted by Gasteiger charge is 2.55. The van der Waals surface area contributed by atoms with Gasteiger partial charge in [0.25, 0.3) is 5.91 Å². The van der Waals surface area contributed by atoms with Crippen molar-refractivity contribution >= 4 is 23.2 Å². The van der Waals surface area contributed by atoms with Crippen molar-refractivity contribution in [1.82, 2.24) is 4.90 Å². The molecule has 0 radical (unpaired) electrons. The van der Waals surface area contributed by atoms with E-state index in [-0.39, 0.29) is 23.9 Å². The lowest BCUT2D eigenvalue weighted by atomic mass is 9.81. The molecule has 5 heteroatoms. The molecular weight excluding hydrogens is 367 g/mol. The average molecular weight is 386 g/mol. The molecule has 2 aliphatic heterocycles. The second kappa shape index (κ2) is 6.55. The highest BCUT2D eigenvalue weighted by Crippen LogP contribution is 2.50. The molecule has 144 valence electrons. The second-order valence-electron chi connectivity index (χ2n) is 7.53. The topological polar surface area (TPSA) is 40.6 Å². The Morgan fingerprint density at radius 1 is 0.897 bits per heavy atom. The molecule has 2 aliphatic rings. The largest absolute Gasteiger partial charge is 0.337 e. The summed E-state index contributed by atoms with van der Waals surface area (Å²) in [5.74, 6) is -0.945. The first-order valence-corrected chi connectivity index (χ1v) is 9.65. The van der Waals surface area contributed by atoms with E-state index in [1.54, 1.807) is 21.9 Å². The average Bonchev–Trinajstić information content (AvgIpc) is 3.30. The van der Waals surface area contributed by atoms with Crippen LogP contribution in [0, 0.1) is 5.82 Å². The van der Waals surface area contributed by atoms with Crippen LogP contribution in [0.15, 0.2) is 78.9 Å². The summed E-state index contributed by atoms with van der Waals surface area (Å²) in [6.45, 7) is 0.662. The van der Waals surface area contributed by atoms with Crippen LogP contribution >= 0.6 is 0 Å². The predicted molar refractivity (Wildman–Crippen MR) is 109 cm³/mol. The lowest BCUT2D eigenvalue weighted by molar-refractivity contribution is -0.122. The molecule has 0 aliphatic carbocycles. The quantitative estimate of drug-likeness (QED) is 0.659. The Bertz CT molecular complexity index is 1110. The second-order valence-corrected chi connectivity index (χ2v) is 7.53. The van der Waals surface area contributed by atoms with Gasteiger partial charge in [-0.3, -0.25) is 14.5 Å². The summed E-state index contributed by atoms with van der Waals surface area (Å²) in [5.41, 5.74) is 1.83. The normalized spacial score (nSPS) is 20.4. The zero-order chi connectivity index (χ0) is 20.0. The van der Waals surface area contributed by atoms with E-state index in [1.807, 2.05) is 54.6 Å². The van der Waals surface area contributed by atoms with E-state index in [1.165, 1.54) is 12.1 Å². The number of likely N-dealkylation sites (tertiary alicyclic amines) is 1. The van der Waals surface area contributed by atoms with E-state index in [0.717, 1.165) is 16.9 Å². The predicted octanol–water partition coefficient (Wildman–Crippen LogP) is 4.29. The number of nitrogens with zero attached hydrogens (tertiary/aromatic N) is 2. The van der Waals surface area contributed by atoms with Crippen molar-refractivity contribution in [1.29, 1.82) is 0 Å². The molecule has 2 heterocycles. The lowest BCUT2D eigenvalue weighted by Crippen LogP contribution is -2.42. The summed E-state index contributed by atoms with van der Waals surface area (Å²) in [6.07, 6.45) is 0.520. The molecular formula is C24H19FN2O2. The molecule has 1 spiro atoms. The van der Waals surface area contributed by atoms with Crippen LogP contribution in [0.4, 0.5) is 15.8 Å². The van der Waals surface area contributed by atoms with E-state index in [2.05, 4.69) is 0 Å². The molecule has 1 fully saturated rings. The first-order valence-electron chi connectivity index (χ1n) is 9.65. The van der Waals surface area contributed by atoms with Crippen molar-refractivity contribution < 1.29 is 14.0 Å². The number of rotatable bonds is 2. The molecule has 0 saturated carbocycles. The molecule has 0 N–H and O–H groups in total. The Morgan fingerprint density at radius 3 is 2.38 bits per heavy atom. The first kappa shape index (κ1) is 17.6. The van der Waals surface area contributed by atoms with Gasteiger partial charge < -0.3 is 4.90 Å². The van der Waals surface area contributed by atoms with Gasteiger partial charge in [0.1, 0.15) is 5.82 Å². The van der Waals surface area contributed by atoms with E-state index in [4.69, 9.17) is 0 Å². The fraction of sp³-hybridized carbons (Fsp3) is 0.167. The molecule has 3 aromatic rings. The monoisotopic (exact) mass is 386 g/mol. The van der Waals surface area contributed by atoms with Crippen LogP contribution in [-0.2, 0) is 10.2 Å².